The quantitative estimate of drug-likeness (QED) is 0.656. The Bertz CT molecular complexity index is 813. The number of hydrogen-bond donors (Lipinski definition) is 3. The molecule has 2 aromatic rings. The number of nitrogens with one attached hydrogen (secondary N) is 2. The second kappa shape index (κ2) is 7.82. The smallest absolute Gasteiger partial charge is 0.354 e. The van der Waals surface area contributed by atoms with Crippen molar-refractivity contribution in [3.05, 3.63) is 36.0 Å². The van der Waals surface area contributed by atoms with Crippen molar-refractivity contribution in [2.45, 2.75) is 46.6 Å². The van der Waals surface area contributed by atoms with Crippen LogP contribution in [0.1, 0.15) is 51.5 Å². The van der Waals surface area contributed by atoms with E-state index in [0.717, 1.165) is 6.42 Å². The van der Waals surface area contributed by atoms with E-state index in [1.54, 1.807) is 7.11 Å². The van der Waals surface area contributed by atoms with Crippen molar-refractivity contribution in [1.29, 1.82) is 0 Å². The molecule has 0 fully saturated rings. The second-order valence-corrected chi connectivity index (χ2v) is 8.34. The third-order valence-corrected chi connectivity index (χ3v) is 3.74. The first-order valence-corrected chi connectivity index (χ1v) is 8.80. The summed E-state index contributed by atoms with van der Waals surface area (Å²) in [5.74, 6) is 0.162. The molecule has 1 aromatic heterocycles. The number of hydrogen-bond acceptors (Lipinski definition) is 6. The summed E-state index contributed by atoms with van der Waals surface area (Å²) in [7, 11) is 1.57. The molecule has 7 heteroatoms. The highest BCUT2D eigenvalue weighted by Crippen LogP contribution is 2.30. The summed E-state index contributed by atoms with van der Waals surface area (Å²) in [6.45, 7) is 10.5. The van der Waals surface area contributed by atoms with Crippen LogP contribution >= 0.6 is 0 Å². The summed E-state index contributed by atoms with van der Waals surface area (Å²) < 4.78 is 5.32. The maximum Gasteiger partial charge on any atom is 0.354 e. The molecule has 0 atom stereocenters. The summed E-state index contributed by atoms with van der Waals surface area (Å²) >= 11 is 0. The first-order chi connectivity index (χ1) is 12.5. The SMILES string of the molecule is COc1ccccc1Nc1cc(C(=O)O)nc(NC(C)(C)CC(C)(C)C)n1. The molecule has 146 valence electrons. The van der Waals surface area contributed by atoms with Gasteiger partial charge in [-0.15, -0.1) is 0 Å². The number of anilines is 3. The van der Waals surface area contributed by atoms with Crippen molar-refractivity contribution < 1.29 is 14.6 Å². The average Bonchev–Trinajstić information content (AvgIpc) is 2.52. The van der Waals surface area contributed by atoms with Crippen molar-refractivity contribution in [3.8, 4) is 5.75 Å². The summed E-state index contributed by atoms with van der Waals surface area (Å²) in [5.41, 5.74) is 0.391. The fourth-order valence-corrected chi connectivity index (χ4v) is 3.24. The maximum atomic E-state index is 11.5. The van der Waals surface area contributed by atoms with E-state index in [1.807, 2.05) is 38.1 Å². The molecule has 27 heavy (non-hydrogen) atoms. The van der Waals surface area contributed by atoms with Crippen LogP contribution < -0.4 is 15.4 Å². The van der Waals surface area contributed by atoms with Gasteiger partial charge in [-0.05, 0) is 37.8 Å². The Labute approximate surface area is 160 Å². The molecule has 3 N–H and O–H groups in total. The predicted octanol–water partition coefficient (Wildman–Crippen LogP) is 4.55. The summed E-state index contributed by atoms with van der Waals surface area (Å²) in [4.78, 5) is 20.1. The number of aromatic nitrogens is 2. The average molecular weight is 372 g/mol. The Hall–Kier alpha value is -2.83. The zero-order valence-corrected chi connectivity index (χ0v) is 16.8. The molecular weight excluding hydrogens is 344 g/mol. The number of carboxylic acids is 1. The van der Waals surface area contributed by atoms with Crippen molar-refractivity contribution in [3.63, 3.8) is 0 Å². The lowest BCUT2D eigenvalue weighted by molar-refractivity contribution is 0.0690. The van der Waals surface area contributed by atoms with Gasteiger partial charge in [0.15, 0.2) is 5.69 Å². The van der Waals surface area contributed by atoms with Crippen LogP contribution in [0.4, 0.5) is 17.5 Å². The Morgan fingerprint density at radius 3 is 2.41 bits per heavy atom. The topological polar surface area (TPSA) is 96.4 Å². The zero-order chi connectivity index (χ0) is 20.2. The molecule has 1 aromatic carbocycles. The highest BCUT2D eigenvalue weighted by atomic mass is 16.5. The third kappa shape index (κ3) is 6.13. The van der Waals surface area contributed by atoms with E-state index in [9.17, 15) is 9.90 Å². The van der Waals surface area contributed by atoms with E-state index in [4.69, 9.17) is 4.74 Å². The number of aromatic carboxylic acids is 1. The predicted molar refractivity (Wildman–Crippen MR) is 107 cm³/mol. The highest BCUT2D eigenvalue weighted by molar-refractivity contribution is 5.87. The molecule has 0 radical (unpaired) electrons. The Balaban J connectivity index is 2.35. The Morgan fingerprint density at radius 2 is 1.81 bits per heavy atom. The molecule has 0 spiro atoms. The van der Waals surface area contributed by atoms with E-state index >= 15 is 0 Å². The van der Waals surface area contributed by atoms with Crippen LogP contribution in [0, 0.1) is 5.41 Å². The van der Waals surface area contributed by atoms with E-state index in [-0.39, 0.29) is 22.6 Å². The lowest BCUT2D eigenvalue weighted by Crippen LogP contribution is -2.36. The number of carbonyl (C=O) groups is 1. The van der Waals surface area contributed by atoms with Crippen LogP contribution in [0.15, 0.2) is 30.3 Å². The summed E-state index contributed by atoms with van der Waals surface area (Å²) in [6.07, 6.45) is 0.857. The van der Waals surface area contributed by atoms with Crippen LogP contribution in [0.5, 0.6) is 5.75 Å². The first kappa shape index (κ1) is 20.5. The van der Waals surface area contributed by atoms with Gasteiger partial charge in [0.1, 0.15) is 11.6 Å². The maximum absolute atomic E-state index is 11.5. The van der Waals surface area contributed by atoms with E-state index in [2.05, 4.69) is 41.4 Å². The lowest BCUT2D eigenvalue weighted by Gasteiger charge is -2.33. The van der Waals surface area contributed by atoms with Crippen LogP contribution in [0.2, 0.25) is 0 Å². The van der Waals surface area contributed by atoms with Crippen molar-refractivity contribution in [2.75, 3.05) is 17.7 Å². The van der Waals surface area contributed by atoms with Crippen molar-refractivity contribution in [2.24, 2.45) is 5.41 Å². The van der Waals surface area contributed by atoms with Gasteiger partial charge < -0.3 is 20.5 Å². The second-order valence-electron chi connectivity index (χ2n) is 8.34. The molecule has 0 saturated heterocycles. The van der Waals surface area contributed by atoms with Crippen molar-refractivity contribution in [1.82, 2.24) is 9.97 Å². The van der Waals surface area contributed by atoms with E-state index in [0.29, 0.717) is 17.3 Å². The van der Waals surface area contributed by atoms with Crippen LogP contribution in [0.25, 0.3) is 0 Å². The van der Waals surface area contributed by atoms with Crippen LogP contribution in [0.3, 0.4) is 0 Å². The molecule has 7 nitrogen and oxygen atoms in total. The van der Waals surface area contributed by atoms with Gasteiger partial charge >= 0.3 is 5.97 Å². The minimum Gasteiger partial charge on any atom is -0.495 e. The molecule has 0 aliphatic carbocycles. The van der Waals surface area contributed by atoms with Gasteiger partial charge in [-0.25, -0.2) is 9.78 Å². The van der Waals surface area contributed by atoms with Gasteiger partial charge in [0.2, 0.25) is 5.95 Å². The van der Waals surface area contributed by atoms with E-state index < -0.39 is 5.97 Å². The van der Waals surface area contributed by atoms with E-state index in [1.165, 1.54) is 6.07 Å². The number of benzene rings is 1. The number of carboxylic acid groups (broad SMARTS) is 1. The monoisotopic (exact) mass is 372 g/mol. The van der Waals surface area contributed by atoms with Gasteiger partial charge in [0.05, 0.1) is 12.8 Å². The molecule has 0 aliphatic rings. The zero-order valence-electron chi connectivity index (χ0n) is 16.8. The number of methoxy groups -OCH3 is 1. The number of para-hydroxylation sites is 2. The standard InChI is InChI=1S/C20H28N4O3/c1-19(2,3)12-20(4,5)24-18-22-14(17(25)26)11-16(23-18)21-13-9-7-8-10-15(13)27-6/h7-11H,12H2,1-6H3,(H,25,26)(H2,21,22,23,24). The Kier molecular flexibility index (Phi) is 5.93. The molecule has 2 rings (SSSR count). The summed E-state index contributed by atoms with van der Waals surface area (Å²) in [5, 5.41) is 15.8. The van der Waals surface area contributed by atoms with Crippen molar-refractivity contribution >= 4 is 23.4 Å². The minimum atomic E-state index is -1.11. The third-order valence-electron chi connectivity index (χ3n) is 3.74. The normalized spacial score (nSPS) is 11.8. The molecular formula is C20H28N4O3. The van der Waals surface area contributed by atoms with Gasteiger partial charge in [0, 0.05) is 11.6 Å². The van der Waals surface area contributed by atoms with Crippen LogP contribution in [-0.2, 0) is 0 Å². The highest BCUT2D eigenvalue weighted by Gasteiger charge is 2.26. The van der Waals surface area contributed by atoms with Gasteiger partial charge in [-0.1, -0.05) is 32.9 Å². The minimum absolute atomic E-state index is 0.0866. The molecule has 0 unspecified atom stereocenters. The summed E-state index contributed by atoms with van der Waals surface area (Å²) in [6, 6.07) is 8.76. The van der Waals surface area contributed by atoms with Gasteiger partial charge in [-0.3, -0.25) is 0 Å². The fourth-order valence-electron chi connectivity index (χ4n) is 3.24. The first-order valence-electron chi connectivity index (χ1n) is 8.80. The fraction of sp³-hybridized carbons (Fsp3) is 0.450. The van der Waals surface area contributed by atoms with Crippen LogP contribution in [-0.4, -0.2) is 33.7 Å². The molecule has 0 saturated carbocycles. The molecule has 0 amide bonds. The molecule has 1 heterocycles. The lowest BCUT2D eigenvalue weighted by atomic mass is 9.82. The number of rotatable bonds is 7. The Morgan fingerprint density at radius 1 is 1.15 bits per heavy atom. The number of ether oxygens (including phenoxy) is 1. The number of nitrogens with zero attached hydrogens (tertiary/aromatic N) is 2. The molecule has 0 bridgehead atoms. The largest absolute Gasteiger partial charge is 0.495 e. The molecule has 0 aliphatic heterocycles. The van der Waals surface area contributed by atoms with Gasteiger partial charge in [-0.2, -0.15) is 4.98 Å². The van der Waals surface area contributed by atoms with Gasteiger partial charge in [0.25, 0.3) is 0 Å².